The minimum atomic E-state index is 0.180. The van der Waals surface area contributed by atoms with Crippen LogP contribution in [0.2, 0.25) is 0 Å². The second kappa shape index (κ2) is 4.93. The molecule has 0 amide bonds. The van der Waals surface area contributed by atoms with Crippen LogP contribution in [-0.2, 0) is 0 Å². The maximum absolute atomic E-state index is 9.43. The van der Waals surface area contributed by atoms with Gasteiger partial charge < -0.3 is 9.52 Å². The highest BCUT2D eigenvalue weighted by Crippen LogP contribution is 2.12. The van der Waals surface area contributed by atoms with Crippen molar-refractivity contribution in [3.05, 3.63) is 54.0 Å². The second-order valence-corrected chi connectivity index (χ2v) is 3.06. The van der Waals surface area contributed by atoms with Crippen LogP contribution in [0.1, 0.15) is 11.3 Å². The summed E-state index contributed by atoms with van der Waals surface area (Å²) in [7, 11) is 0. The lowest BCUT2D eigenvalue weighted by atomic mass is 10.2. The maximum atomic E-state index is 9.43. The average molecular weight is 214 g/mol. The predicted molar refractivity (Wildman–Crippen MR) is 62.0 cm³/mol. The molecular weight excluding hydrogens is 204 g/mol. The summed E-state index contributed by atoms with van der Waals surface area (Å²) in [5.74, 6) is 0.814. The molecule has 0 spiro atoms. The van der Waals surface area contributed by atoms with Gasteiger partial charge in [-0.3, -0.25) is 0 Å². The lowest BCUT2D eigenvalue weighted by Gasteiger charge is -1.94. The van der Waals surface area contributed by atoms with Crippen LogP contribution in [-0.4, -0.2) is 17.5 Å². The normalized spacial score (nSPS) is 11.5. The Morgan fingerprint density at radius 2 is 1.81 bits per heavy atom. The van der Waals surface area contributed by atoms with Crippen LogP contribution >= 0.6 is 0 Å². The smallest absolute Gasteiger partial charge is 0.146 e. The zero-order valence-electron chi connectivity index (χ0n) is 8.45. The molecule has 0 fully saturated rings. The van der Waals surface area contributed by atoms with E-state index in [-0.39, 0.29) is 5.75 Å². The van der Waals surface area contributed by atoms with Crippen LogP contribution in [0.5, 0.6) is 5.75 Å². The molecule has 0 saturated heterocycles. The van der Waals surface area contributed by atoms with E-state index < -0.39 is 0 Å². The average Bonchev–Trinajstić information content (AvgIpc) is 2.79. The summed E-state index contributed by atoms with van der Waals surface area (Å²) in [4.78, 5) is 0. The number of furan rings is 1. The molecule has 1 aromatic heterocycles. The van der Waals surface area contributed by atoms with Crippen molar-refractivity contribution in [2.24, 2.45) is 10.2 Å². The second-order valence-electron chi connectivity index (χ2n) is 3.06. The van der Waals surface area contributed by atoms with Crippen molar-refractivity contribution in [3.63, 3.8) is 0 Å². The Balaban J connectivity index is 2.03. The predicted octanol–water partition coefficient (Wildman–Crippen LogP) is 2.44. The van der Waals surface area contributed by atoms with E-state index in [0.717, 1.165) is 0 Å². The molecule has 0 atom stereocenters. The first kappa shape index (κ1) is 10.2. The third-order valence-electron chi connectivity index (χ3n) is 1.93. The van der Waals surface area contributed by atoms with Gasteiger partial charge in [0, 0.05) is 5.56 Å². The molecule has 2 rings (SSSR count). The Kier molecular flexibility index (Phi) is 3.13. The Labute approximate surface area is 92.6 Å². The summed E-state index contributed by atoms with van der Waals surface area (Å²) in [5.41, 5.74) is 0.624. The summed E-state index contributed by atoms with van der Waals surface area (Å²) >= 11 is 0. The SMILES string of the molecule is Oc1ccccc1/C=N\N=C/c1ccco1. The number of nitrogens with zero attached hydrogens (tertiary/aromatic N) is 2. The first-order chi connectivity index (χ1) is 7.86. The van der Waals surface area contributed by atoms with E-state index in [1.54, 1.807) is 36.6 Å². The Morgan fingerprint density at radius 1 is 1.00 bits per heavy atom. The maximum Gasteiger partial charge on any atom is 0.146 e. The Bertz CT molecular complexity index is 501. The van der Waals surface area contributed by atoms with Gasteiger partial charge in [-0.1, -0.05) is 12.1 Å². The summed E-state index contributed by atoms with van der Waals surface area (Å²) in [6, 6.07) is 10.5. The molecule has 1 N–H and O–H groups in total. The highest BCUT2D eigenvalue weighted by Gasteiger charge is 1.93. The molecule has 0 aliphatic carbocycles. The van der Waals surface area contributed by atoms with E-state index in [0.29, 0.717) is 11.3 Å². The van der Waals surface area contributed by atoms with E-state index >= 15 is 0 Å². The molecule has 2 aromatic rings. The molecular formula is C12H10N2O2. The van der Waals surface area contributed by atoms with Crippen molar-refractivity contribution < 1.29 is 9.52 Å². The van der Waals surface area contributed by atoms with E-state index in [2.05, 4.69) is 10.2 Å². The van der Waals surface area contributed by atoms with Gasteiger partial charge in [0.25, 0.3) is 0 Å². The fraction of sp³-hybridized carbons (Fsp3) is 0. The van der Waals surface area contributed by atoms with Crippen LogP contribution in [0, 0.1) is 0 Å². The molecule has 0 bridgehead atoms. The first-order valence-corrected chi connectivity index (χ1v) is 4.74. The van der Waals surface area contributed by atoms with Crippen LogP contribution in [0.4, 0.5) is 0 Å². The number of phenols is 1. The number of aromatic hydroxyl groups is 1. The van der Waals surface area contributed by atoms with Crippen molar-refractivity contribution >= 4 is 12.4 Å². The fourth-order valence-corrected chi connectivity index (χ4v) is 1.15. The van der Waals surface area contributed by atoms with Crippen molar-refractivity contribution in [2.45, 2.75) is 0 Å². The molecule has 1 heterocycles. The lowest BCUT2D eigenvalue weighted by Crippen LogP contribution is -1.80. The van der Waals surface area contributed by atoms with Crippen LogP contribution < -0.4 is 0 Å². The van der Waals surface area contributed by atoms with Gasteiger partial charge in [-0.15, -0.1) is 0 Å². The largest absolute Gasteiger partial charge is 0.507 e. The van der Waals surface area contributed by atoms with Crippen molar-refractivity contribution in [1.29, 1.82) is 0 Å². The van der Waals surface area contributed by atoms with Crippen LogP contribution in [0.15, 0.2) is 57.3 Å². The number of hydrogen-bond donors (Lipinski definition) is 1. The quantitative estimate of drug-likeness (QED) is 0.630. The van der Waals surface area contributed by atoms with Crippen molar-refractivity contribution in [1.82, 2.24) is 0 Å². The van der Waals surface area contributed by atoms with Gasteiger partial charge in [-0.25, -0.2) is 0 Å². The standard InChI is InChI=1S/C12H10N2O2/c15-12-6-2-1-4-10(12)8-13-14-9-11-5-3-7-16-11/h1-9,15H/b13-8-,14-9-. The van der Waals surface area contributed by atoms with E-state index in [1.165, 1.54) is 12.4 Å². The molecule has 1 aromatic carbocycles. The molecule has 4 nitrogen and oxygen atoms in total. The van der Waals surface area contributed by atoms with Gasteiger partial charge in [0.2, 0.25) is 0 Å². The lowest BCUT2D eigenvalue weighted by molar-refractivity contribution is 0.474. The molecule has 0 saturated carbocycles. The summed E-state index contributed by atoms with van der Waals surface area (Å²) in [6.45, 7) is 0. The van der Waals surface area contributed by atoms with E-state index in [4.69, 9.17) is 4.42 Å². The molecule has 80 valence electrons. The minimum Gasteiger partial charge on any atom is -0.507 e. The van der Waals surface area contributed by atoms with Crippen LogP contribution in [0.3, 0.4) is 0 Å². The van der Waals surface area contributed by atoms with Gasteiger partial charge in [-0.05, 0) is 24.3 Å². The van der Waals surface area contributed by atoms with Gasteiger partial charge in [0.1, 0.15) is 11.5 Å². The third-order valence-corrected chi connectivity index (χ3v) is 1.93. The van der Waals surface area contributed by atoms with Gasteiger partial charge >= 0.3 is 0 Å². The number of phenolic OH excluding ortho intramolecular Hbond substituents is 1. The van der Waals surface area contributed by atoms with Gasteiger partial charge in [-0.2, -0.15) is 10.2 Å². The fourth-order valence-electron chi connectivity index (χ4n) is 1.15. The van der Waals surface area contributed by atoms with E-state index in [9.17, 15) is 5.11 Å². The van der Waals surface area contributed by atoms with Gasteiger partial charge in [0.15, 0.2) is 0 Å². The monoisotopic (exact) mass is 214 g/mol. The Hall–Kier alpha value is -2.36. The molecule has 4 heteroatoms. The molecule has 0 aliphatic heterocycles. The molecule has 16 heavy (non-hydrogen) atoms. The molecule has 0 unspecified atom stereocenters. The zero-order chi connectivity index (χ0) is 11.2. The zero-order valence-corrected chi connectivity index (χ0v) is 8.45. The molecule has 0 aliphatic rings. The summed E-state index contributed by atoms with van der Waals surface area (Å²) in [6.07, 6.45) is 4.54. The number of rotatable bonds is 3. The Morgan fingerprint density at radius 3 is 2.56 bits per heavy atom. The highest BCUT2D eigenvalue weighted by atomic mass is 16.3. The topological polar surface area (TPSA) is 58.1 Å². The summed E-state index contributed by atoms with van der Waals surface area (Å²) in [5, 5.41) is 17.0. The van der Waals surface area contributed by atoms with Crippen molar-refractivity contribution in [3.8, 4) is 5.75 Å². The molecule has 0 radical (unpaired) electrons. The summed E-state index contributed by atoms with van der Waals surface area (Å²) < 4.78 is 5.04. The van der Waals surface area contributed by atoms with Crippen molar-refractivity contribution in [2.75, 3.05) is 0 Å². The third kappa shape index (κ3) is 2.57. The minimum absolute atomic E-state index is 0.180. The first-order valence-electron chi connectivity index (χ1n) is 4.74. The van der Waals surface area contributed by atoms with Gasteiger partial charge in [0.05, 0.1) is 18.7 Å². The number of benzene rings is 1. The van der Waals surface area contributed by atoms with E-state index in [1.807, 2.05) is 6.07 Å². The highest BCUT2D eigenvalue weighted by molar-refractivity contribution is 5.84. The number of hydrogen-bond acceptors (Lipinski definition) is 4. The van der Waals surface area contributed by atoms with Crippen LogP contribution in [0.25, 0.3) is 0 Å². The number of para-hydroxylation sites is 1.